The average molecular weight is 366 g/mol. The Morgan fingerprint density at radius 1 is 1.15 bits per heavy atom. The lowest BCUT2D eigenvalue weighted by Gasteiger charge is -2.14. The molecule has 0 bridgehead atoms. The third-order valence-corrected chi connectivity index (χ3v) is 4.55. The summed E-state index contributed by atoms with van der Waals surface area (Å²) < 4.78 is 1.66. The van der Waals surface area contributed by atoms with Gasteiger partial charge in [0.05, 0.1) is 5.75 Å². The smallest absolute Gasteiger partial charge is 0.275 e. The molecule has 0 radical (unpaired) electrons. The molecule has 0 aliphatic carbocycles. The number of anilines is 2. The lowest BCUT2D eigenvalue weighted by molar-refractivity contribution is -0.113. The van der Waals surface area contributed by atoms with Crippen LogP contribution in [0.25, 0.3) is 5.69 Å². The first-order valence-electron chi connectivity index (χ1n) is 7.97. The topological polar surface area (TPSA) is 90.0 Å². The van der Waals surface area contributed by atoms with Gasteiger partial charge in [-0.2, -0.15) is 4.98 Å². The number of para-hydroxylation sites is 1. The number of nitrogen functional groups attached to an aromatic ring is 1. The normalized spacial score (nSPS) is 10.5. The largest absolute Gasteiger partial charge is 0.385 e. The minimum atomic E-state index is -0.434. The van der Waals surface area contributed by atoms with Crippen molar-refractivity contribution in [2.75, 3.05) is 16.8 Å². The maximum atomic E-state index is 12.2. The van der Waals surface area contributed by atoms with Gasteiger partial charge in [0.25, 0.3) is 5.56 Å². The van der Waals surface area contributed by atoms with E-state index in [9.17, 15) is 9.59 Å². The standard InChI is InChI=1S/C19H18N4O2S/c1-13-7-9-14(10-8-13)21-18(25)12-26-19-22-17(24)11-16(20)23(19)15-5-3-2-4-6-15/h2-11H,12,20H2,1H3,(H,21,25). The van der Waals surface area contributed by atoms with E-state index in [1.54, 1.807) is 4.57 Å². The highest BCUT2D eigenvalue weighted by Crippen LogP contribution is 2.22. The van der Waals surface area contributed by atoms with Crippen LogP contribution in [0.2, 0.25) is 0 Å². The zero-order valence-electron chi connectivity index (χ0n) is 14.2. The van der Waals surface area contributed by atoms with Crippen LogP contribution in [0.5, 0.6) is 0 Å². The number of aromatic nitrogens is 2. The van der Waals surface area contributed by atoms with Crippen molar-refractivity contribution < 1.29 is 4.79 Å². The molecule has 0 spiro atoms. The summed E-state index contributed by atoms with van der Waals surface area (Å²) in [5.74, 6) is 0.198. The Labute approximate surface area is 155 Å². The molecule has 3 rings (SSSR count). The van der Waals surface area contributed by atoms with E-state index in [-0.39, 0.29) is 17.5 Å². The van der Waals surface area contributed by atoms with Crippen molar-refractivity contribution in [3.05, 3.63) is 76.6 Å². The molecule has 0 atom stereocenters. The van der Waals surface area contributed by atoms with Gasteiger partial charge in [0, 0.05) is 17.4 Å². The van der Waals surface area contributed by atoms with Gasteiger partial charge in [0.1, 0.15) is 5.82 Å². The Hall–Kier alpha value is -3.06. The van der Waals surface area contributed by atoms with Crippen molar-refractivity contribution in [3.63, 3.8) is 0 Å². The predicted molar refractivity (Wildman–Crippen MR) is 105 cm³/mol. The second-order valence-corrected chi connectivity index (χ2v) is 6.62. The summed E-state index contributed by atoms with van der Waals surface area (Å²) in [4.78, 5) is 28.0. The van der Waals surface area contributed by atoms with Crippen LogP contribution in [0.4, 0.5) is 11.5 Å². The lowest BCUT2D eigenvalue weighted by atomic mass is 10.2. The van der Waals surface area contributed by atoms with E-state index in [2.05, 4.69) is 10.3 Å². The number of benzene rings is 2. The molecule has 0 saturated carbocycles. The van der Waals surface area contributed by atoms with Gasteiger partial charge >= 0.3 is 0 Å². The molecular weight excluding hydrogens is 348 g/mol. The van der Waals surface area contributed by atoms with Gasteiger partial charge in [-0.05, 0) is 31.2 Å². The van der Waals surface area contributed by atoms with E-state index in [0.717, 1.165) is 28.7 Å². The highest BCUT2D eigenvalue weighted by Gasteiger charge is 2.12. The molecule has 0 aliphatic rings. The average Bonchev–Trinajstić information content (AvgIpc) is 2.62. The van der Waals surface area contributed by atoms with E-state index in [0.29, 0.717) is 5.16 Å². The molecular formula is C19H18N4O2S. The van der Waals surface area contributed by atoms with E-state index in [1.807, 2.05) is 61.5 Å². The summed E-state index contributed by atoms with van der Waals surface area (Å²) in [6.07, 6.45) is 0. The number of nitrogens with zero attached hydrogens (tertiary/aromatic N) is 2. The molecule has 132 valence electrons. The third kappa shape index (κ3) is 4.31. The molecule has 3 aromatic rings. The van der Waals surface area contributed by atoms with Crippen LogP contribution in [0, 0.1) is 6.92 Å². The van der Waals surface area contributed by atoms with Gasteiger partial charge in [0.2, 0.25) is 5.91 Å². The number of thioether (sulfide) groups is 1. The van der Waals surface area contributed by atoms with Crippen molar-refractivity contribution in [2.24, 2.45) is 0 Å². The number of carbonyl (C=O) groups is 1. The molecule has 7 heteroatoms. The first-order valence-corrected chi connectivity index (χ1v) is 8.96. The summed E-state index contributed by atoms with van der Waals surface area (Å²) in [6, 6.07) is 18.1. The number of rotatable bonds is 5. The number of amides is 1. The van der Waals surface area contributed by atoms with Gasteiger partial charge < -0.3 is 11.1 Å². The van der Waals surface area contributed by atoms with Crippen molar-refractivity contribution in [3.8, 4) is 5.69 Å². The zero-order valence-corrected chi connectivity index (χ0v) is 15.0. The highest BCUT2D eigenvalue weighted by atomic mass is 32.2. The molecule has 0 aliphatic heterocycles. The van der Waals surface area contributed by atoms with Crippen LogP contribution in [0.15, 0.2) is 70.6 Å². The molecule has 26 heavy (non-hydrogen) atoms. The number of nitrogens with one attached hydrogen (secondary N) is 1. The Balaban J connectivity index is 1.78. The fourth-order valence-electron chi connectivity index (χ4n) is 2.38. The van der Waals surface area contributed by atoms with Crippen LogP contribution >= 0.6 is 11.8 Å². The SMILES string of the molecule is Cc1ccc(NC(=O)CSc2nc(=O)cc(N)n2-c2ccccc2)cc1. The van der Waals surface area contributed by atoms with Crippen molar-refractivity contribution >= 4 is 29.2 Å². The first kappa shape index (κ1) is 17.8. The Morgan fingerprint density at radius 3 is 2.54 bits per heavy atom. The minimum absolute atomic E-state index is 0.108. The summed E-state index contributed by atoms with van der Waals surface area (Å²) in [5.41, 5.74) is 8.19. The maximum absolute atomic E-state index is 12.2. The molecule has 1 amide bonds. The second kappa shape index (κ2) is 7.88. The van der Waals surface area contributed by atoms with E-state index in [4.69, 9.17) is 5.73 Å². The summed E-state index contributed by atoms with van der Waals surface area (Å²) >= 11 is 1.16. The number of nitrogens with two attached hydrogens (primary N) is 1. The molecule has 0 saturated heterocycles. The quantitative estimate of drug-likeness (QED) is 0.535. The number of aryl methyl sites for hydroxylation is 1. The monoisotopic (exact) mass is 366 g/mol. The van der Waals surface area contributed by atoms with Gasteiger partial charge in [-0.3, -0.25) is 14.2 Å². The van der Waals surface area contributed by atoms with Gasteiger partial charge in [0.15, 0.2) is 5.16 Å². The molecule has 2 aromatic carbocycles. The molecule has 6 nitrogen and oxygen atoms in total. The Morgan fingerprint density at radius 2 is 1.85 bits per heavy atom. The van der Waals surface area contributed by atoms with Crippen LogP contribution in [-0.4, -0.2) is 21.2 Å². The molecule has 0 unspecified atom stereocenters. The predicted octanol–water partition coefficient (Wildman–Crippen LogP) is 2.85. The fraction of sp³-hybridized carbons (Fsp3) is 0.105. The van der Waals surface area contributed by atoms with Crippen molar-refractivity contribution in [2.45, 2.75) is 12.1 Å². The van der Waals surface area contributed by atoms with Gasteiger partial charge in [-0.1, -0.05) is 47.7 Å². The number of hydrogen-bond donors (Lipinski definition) is 2. The zero-order chi connectivity index (χ0) is 18.5. The van der Waals surface area contributed by atoms with Crippen LogP contribution in [0.3, 0.4) is 0 Å². The minimum Gasteiger partial charge on any atom is -0.385 e. The second-order valence-electron chi connectivity index (χ2n) is 5.68. The van der Waals surface area contributed by atoms with Crippen molar-refractivity contribution in [1.82, 2.24) is 9.55 Å². The highest BCUT2D eigenvalue weighted by molar-refractivity contribution is 7.99. The van der Waals surface area contributed by atoms with E-state index in [1.165, 1.54) is 6.07 Å². The van der Waals surface area contributed by atoms with Crippen molar-refractivity contribution in [1.29, 1.82) is 0 Å². The molecule has 0 fully saturated rings. The van der Waals surface area contributed by atoms with Crippen LogP contribution in [0.1, 0.15) is 5.56 Å². The van der Waals surface area contributed by atoms with Gasteiger partial charge in [-0.15, -0.1) is 0 Å². The van der Waals surface area contributed by atoms with Crippen LogP contribution in [-0.2, 0) is 4.79 Å². The molecule has 1 heterocycles. The third-order valence-electron chi connectivity index (χ3n) is 3.61. The molecule has 3 N–H and O–H groups in total. The van der Waals surface area contributed by atoms with Gasteiger partial charge in [-0.25, -0.2) is 0 Å². The summed E-state index contributed by atoms with van der Waals surface area (Å²) in [5, 5.41) is 3.20. The summed E-state index contributed by atoms with van der Waals surface area (Å²) in [6.45, 7) is 1.98. The summed E-state index contributed by atoms with van der Waals surface area (Å²) in [7, 11) is 0. The Bertz CT molecular complexity index is 969. The lowest BCUT2D eigenvalue weighted by Crippen LogP contribution is -2.19. The van der Waals surface area contributed by atoms with Crippen LogP contribution < -0.4 is 16.6 Å². The first-order chi connectivity index (χ1) is 12.5. The fourth-order valence-corrected chi connectivity index (χ4v) is 3.20. The van der Waals surface area contributed by atoms with E-state index < -0.39 is 5.56 Å². The Kier molecular flexibility index (Phi) is 5.38. The maximum Gasteiger partial charge on any atom is 0.275 e. The van der Waals surface area contributed by atoms with E-state index >= 15 is 0 Å². The number of hydrogen-bond acceptors (Lipinski definition) is 5. The number of carbonyl (C=O) groups excluding carboxylic acids is 1. The molecule has 1 aromatic heterocycles.